The van der Waals surface area contributed by atoms with E-state index in [1.165, 1.54) is 19.1 Å². The number of allylic oxidation sites excluding steroid dienone is 1. The highest BCUT2D eigenvalue weighted by molar-refractivity contribution is 5.97. The van der Waals surface area contributed by atoms with Crippen LogP contribution in [-0.4, -0.2) is 89.7 Å². The predicted octanol–water partition coefficient (Wildman–Crippen LogP) is 4.77. The topological polar surface area (TPSA) is 138 Å². The van der Waals surface area contributed by atoms with E-state index in [4.69, 9.17) is 4.74 Å². The van der Waals surface area contributed by atoms with Crippen LogP contribution in [0.2, 0.25) is 0 Å². The number of carbonyl (C=O) groups excluding carboxylic acids is 1. The zero-order valence-corrected chi connectivity index (χ0v) is 27.8. The first-order valence-corrected chi connectivity index (χ1v) is 16.8. The number of halogens is 3. The quantitative estimate of drug-likeness (QED) is 0.174. The zero-order chi connectivity index (χ0) is 35.2. The molecule has 1 aliphatic carbocycles. The number of aromatic nitrogens is 6. The van der Waals surface area contributed by atoms with Crippen LogP contribution < -0.4 is 4.74 Å². The molecular formula is C35H38F3N9O3. The lowest BCUT2D eigenvalue weighted by Crippen LogP contribution is -2.54. The van der Waals surface area contributed by atoms with Gasteiger partial charge >= 0.3 is 6.55 Å². The Morgan fingerprint density at radius 2 is 1.94 bits per heavy atom. The molecule has 50 heavy (non-hydrogen) atoms. The maximum atomic E-state index is 14.0. The van der Waals surface area contributed by atoms with E-state index >= 15 is 0 Å². The van der Waals surface area contributed by atoms with Crippen LogP contribution in [0.3, 0.4) is 0 Å². The average molecular weight is 690 g/mol. The number of aliphatic hydroxyl groups is 1. The molecule has 3 aliphatic rings. The normalized spacial score (nSPS) is 19.1. The van der Waals surface area contributed by atoms with Gasteiger partial charge in [-0.3, -0.25) is 14.3 Å². The number of hydrogen-bond acceptors (Lipinski definition) is 9. The number of carbonyl (C=O) groups is 1. The zero-order valence-electron chi connectivity index (χ0n) is 27.8. The fourth-order valence-electron chi connectivity index (χ4n) is 6.86. The number of nitrogens with zero attached hydrogens (tertiary/aromatic N) is 9. The van der Waals surface area contributed by atoms with Crippen LogP contribution in [0.25, 0.3) is 22.3 Å². The van der Waals surface area contributed by atoms with E-state index in [-0.39, 0.29) is 46.6 Å². The minimum Gasteiger partial charge on any atom is -0.488 e. The number of piperidine rings is 1. The van der Waals surface area contributed by atoms with Crippen LogP contribution in [0, 0.1) is 35.9 Å². The molecule has 2 saturated heterocycles. The lowest BCUT2D eigenvalue weighted by atomic mass is 9.96. The van der Waals surface area contributed by atoms with Gasteiger partial charge in [-0.25, -0.2) is 14.1 Å². The fraction of sp³-hybridized carbons (Fsp3) is 0.486. The van der Waals surface area contributed by atoms with Gasteiger partial charge in [-0.2, -0.15) is 14.0 Å². The van der Waals surface area contributed by atoms with Crippen molar-refractivity contribution < 1.29 is 27.8 Å². The SMILES string of the molecule is Cc1c(-c2cc(OCC(C)(O)c3ccc(F)cn3)c3c(c2)ncn3C(F)F)nnn1C1CCN(CC2CN(C(=O)/C(C#N)=C/C3CC3)C2)CC1. The number of hydrogen-bond donors (Lipinski definition) is 1. The van der Waals surface area contributed by atoms with Crippen molar-refractivity contribution in [2.45, 2.75) is 57.7 Å². The van der Waals surface area contributed by atoms with Crippen molar-refractivity contribution >= 4 is 16.9 Å². The summed E-state index contributed by atoms with van der Waals surface area (Å²) in [6, 6.07) is 7.96. The van der Waals surface area contributed by atoms with Gasteiger partial charge in [0.05, 0.1) is 29.1 Å². The molecule has 0 radical (unpaired) electrons. The summed E-state index contributed by atoms with van der Waals surface area (Å²) in [5, 5.41) is 29.4. The average Bonchev–Trinajstić information content (AvgIpc) is 3.67. The molecule has 1 amide bonds. The molecule has 1 atom stereocenters. The number of ether oxygens (including phenoxy) is 1. The van der Waals surface area contributed by atoms with Gasteiger partial charge in [0.25, 0.3) is 5.91 Å². The van der Waals surface area contributed by atoms with Crippen molar-refractivity contribution in [3.05, 3.63) is 65.6 Å². The Bertz CT molecular complexity index is 1950. The van der Waals surface area contributed by atoms with Gasteiger partial charge in [-0.15, -0.1) is 5.10 Å². The number of fused-ring (bicyclic) bond motifs is 1. The van der Waals surface area contributed by atoms with E-state index in [0.29, 0.717) is 40.7 Å². The van der Waals surface area contributed by atoms with Crippen molar-refractivity contribution in [1.29, 1.82) is 5.26 Å². The van der Waals surface area contributed by atoms with E-state index in [0.717, 1.165) is 63.5 Å². The second kappa shape index (κ2) is 13.5. The monoisotopic (exact) mass is 689 g/mol. The lowest BCUT2D eigenvalue weighted by Gasteiger charge is -2.43. The Morgan fingerprint density at radius 1 is 1.18 bits per heavy atom. The molecule has 1 N–H and O–H groups in total. The molecule has 262 valence electrons. The summed E-state index contributed by atoms with van der Waals surface area (Å²) in [6.45, 7) is 4.10. The summed E-state index contributed by atoms with van der Waals surface area (Å²) < 4.78 is 49.9. The van der Waals surface area contributed by atoms with Crippen molar-refractivity contribution in [3.63, 3.8) is 0 Å². The number of pyridine rings is 1. The van der Waals surface area contributed by atoms with Gasteiger partial charge in [0.1, 0.15) is 53.0 Å². The fourth-order valence-corrected chi connectivity index (χ4v) is 6.86. The van der Waals surface area contributed by atoms with Gasteiger partial charge < -0.3 is 19.6 Å². The molecule has 3 aromatic heterocycles. The Balaban J connectivity index is 1.01. The van der Waals surface area contributed by atoms with E-state index in [1.54, 1.807) is 17.0 Å². The highest BCUT2D eigenvalue weighted by atomic mass is 19.3. The predicted molar refractivity (Wildman–Crippen MR) is 175 cm³/mol. The summed E-state index contributed by atoms with van der Waals surface area (Å²) in [4.78, 5) is 25.0. The van der Waals surface area contributed by atoms with E-state index in [9.17, 15) is 28.3 Å². The van der Waals surface area contributed by atoms with Crippen molar-refractivity contribution in [2.24, 2.45) is 11.8 Å². The maximum absolute atomic E-state index is 14.0. The second-order valence-corrected chi connectivity index (χ2v) is 13.8. The largest absolute Gasteiger partial charge is 0.488 e. The molecule has 12 nitrogen and oxygen atoms in total. The molecular weight excluding hydrogens is 651 g/mol. The third-order valence-electron chi connectivity index (χ3n) is 9.87. The third-order valence-corrected chi connectivity index (χ3v) is 9.87. The highest BCUT2D eigenvalue weighted by Gasteiger charge is 2.35. The summed E-state index contributed by atoms with van der Waals surface area (Å²) in [5.74, 6) is 0.121. The number of nitriles is 1. The first-order chi connectivity index (χ1) is 24.0. The molecule has 0 bridgehead atoms. The molecule has 5 heterocycles. The first-order valence-electron chi connectivity index (χ1n) is 16.8. The molecule has 3 fully saturated rings. The van der Waals surface area contributed by atoms with Crippen LogP contribution in [0.15, 0.2) is 48.4 Å². The van der Waals surface area contributed by atoms with Gasteiger partial charge in [0.15, 0.2) is 0 Å². The first kappa shape index (κ1) is 33.7. The number of rotatable bonds is 11. The van der Waals surface area contributed by atoms with Gasteiger partial charge in [-0.05, 0) is 69.7 Å². The second-order valence-electron chi connectivity index (χ2n) is 13.8. The van der Waals surface area contributed by atoms with Crippen LogP contribution in [0.1, 0.15) is 56.6 Å². The van der Waals surface area contributed by atoms with Crippen LogP contribution >= 0.6 is 0 Å². The Hall–Kier alpha value is -4.81. The van der Waals surface area contributed by atoms with Crippen LogP contribution in [0.5, 0.6) is 5.75 Å². The maximum Gasteiger partial charge on any atom is 0.320 e. The standard InChI is InChI=1S/C35H38F3N9O3/c1-21-31(24-12-28-32(46(20-41-28)34(37)38)29(13-24)50-19-35(2,49)30-6-5-26(36)15-40-30)42-43-47(21)27-7-9-44(10-8-27)16-23-17-45(18-23)33(48)25(14-39)11-22-3-4-22/h5-6,11-13,15,20,22-23,27,34,49H,3-4,7-10,16-19H2,1-2H3/b25-11+. The number of amides is 1. The minimum absolute atomic E-state index is 0.0585. The van der Waals surface area contributed by atoms with Crippen molar-refractivity contribution in [3.8, 4) is 23.1 Å². The van der Waals surface area contributed by atoms with E-state index < -0.39 is 18.0 Å². The van der Waals surface area contributed by atoms with Crippen LogP contribution in [-0.2, 0) is 10.4 Å². The van der Waals surface area contributed by atoms with E-state index in [2.05, 4.69) is 31.2 Å². The Labute approximate surface area is 286 Å². The molecule has 0 spiro atoms. The Morgan fingerprint density at radius 3 is 2.60 bits per heavy atom. The third kappa shape index (κ3) is 6.82. The summed E-state index contributed by atoms with van der Waals surface area (Å²) in [7, 11) is 0. The minimum atomic E-state index is -2.88. The summed E-state index contributed by atoms with van der Waals surface area (Å²) in [5.41, 5.74) is 1.05. The van der Waals surface area contributed by atoms with Gasteiger partial charge in [0.2, 0.25) is 0 Å². The van der Waals surface area contributed by atoms with Crippen LogP contribution in [0.4, 0.5) is 13.2 Å². The molecule has 2 aliphatic heterocycles. The van der Waals surface area contributed by atoms with Crippen molar-refractivity contribution in [1.82, 2.24) is 39.3 Å². The number of imidazole rings is 1. The number of likely N-dealkylation sites (tertiary alicyclic amines) is 2. The van der Waals surface area contributed by atoms with E-state index in [1.807, 2.05) is 17.7 Å². The molecule has 4 aromatic rings. The summed E-state index contributed by atoms with van der Waals surface area (Å²) in [6.07, 6.45) is 7.68. The molecule has 1 aromatic carbocycles. The molecule has 1 saturated carbocycles. The summed E-state index contributed by atoms with van der Waals surface area (Å²) >= 11 is 0. The smallest absolute Gasteiger partial charge is 0.320 e. The highest BCUT2D eigenvalue weighted by Crippen LogP contribution is 2.37. The van der Waals surface area contributed by atoms with Gasteiger partial charge in [0, 0.05) is 44.2 Å². The molecule has 15 heteroatoms. The Kier molecular flexibility index (Phi) is 9.08. The van der Waals surface area contributed by atoms with Crippen molar-refractivity contribution in [2.75, 3.05) is 39.3 Å². The number of alkyl halides is 2. The number of benzene rings is 1. The van der Waals surface area contributed by atoms with Gasteiger partial charge in [-0.1, -0.05) is 11.3 Å². The molecule has 1 unspecified atom stereocenters. The lowest BCUT2D eigenvalue weighted by molar-refractivity contribution is -0.133. The molecule has 7 rings (SSSR count).